The summed E-state index contributed by atoms with van der Waals surface area (Å²) in [5.74, 6) is 0.762. The van der Waals surface area contributed by atoms with E-state index in [0.29, 0.717) is 35.7 Å². The van der Waals surface area contributed by atoms with Crippen molar-refractivity contribution in [2.45, 2.75) is 24.3 Å². The van der Waals surface area contributed by atoms with E-state index in [1.165, 1.54) is 6.33 Å². The molecule has 0 aliphatic carbocycles. The standard InChI is InChI=1S/C16H17ClN6O2S/c1-11-13(17)3-2-4-14(11)26(24,25)21-12-7-8-22(9-12)16-6-5-15-19-18-10-23(15)20-16/h2-6,10,12,21H,7-9H2,1H3/t12-/m1/s1. The Morgan fingerprint density at radius 3 is 2.96 bits per heavy atom. The minimum atomic E-state index is -3.63. The van der Waals surface area contributed by atoms with Crippen LogP contribution in [0.5, 0.6) is 0 Å². The molecule has 0 unspecified atom stereocenters. The van der Waals surface area contributed by atoms with Gasteiger partial charge in [0.25, 0.3) is 0 Å². The highest BCUT2D eigenvalue weighted by molar-refractivity contribution is 7.89. The van der Waals surface area contributed by atoms with Crippen molar-refractivity contribution < 1.29 is 8.42 Å². The third-order valence-electron chi connectivity index (χ3n) is 4.49. The molecule has 1 aliphatic rings. The molecule has 1 fully saturated rings. The maximum absolute atomic E-state index is 12.7. The molecule has 0 spiro atoms. The quantitative estimate of drug-likeness (QED) is 0.725. The number of fused-ring (bicyclic) bond motifs is 1. The molecule has 10 heteroatoms. The Morgan fingerprint density at radius 2 is 2.12 bits per heavy atom. The Hall–Kier alpha value is -2.23. The summed E-state index contributed by atoms with van der Waals surface area (Å²) in [7, 11) is -3.63. The third-order valence-corrected chi connectivity index (χ3v) is 6.56. The highest BCUT2D eigenvalue weighted by Crippen LogP contribution is 2.24. The minimum absolute atomic E-state index is 0.197. The molecule has 4 rings (SSSR count). The zero-order valence-corrected chi connectivity index (χ0v) is 15.6. The topological polar surface area (TPSA) is 92.5 Å². The van der Waals surface area contributed by atoms with Gasteiger partial charge in [0.05, 0.1) is 4.90 Å². The molecule has 1 aromatic carbocycles. The van der Waals surface area contributed by atoms with Gasteiger partial charge in [0.15, 0.2) is 5.65 Å². The van der Waals surface area contributed by atoms with Crippen LogP contribution in [-0.4, -0.2) is 47.4 Å². The van der Waals surface area contributed by atoms with E-state index in [4.69, 9.17) is 11.6 Å². The molecule has 0 radical (unpaired) electrons. The van der Waals surface area contributed by atoms with Gasteiger partial charge >= 0.3 is 0 Å². The van der Waals surface area contributed by atoms with Gasteiger partial charge < -0.3 is 4.90 Å². The molecular formula is C16H17ClN6O2S. The highest BCUT2D eigenvalue weighted by Gasteiger charge is 2.29. The first kappa shape index (κ1) is 17.2. The van der Waals surface area contributed by atoms with Crippen molar-refractivity contribution in [3.63, 3.8) is 0 Å². The zero-order valence-electron chi connectivity index (χ0n) is 14.0. The molecule has 0 saturated carbocycles. The molecule has 1 aliphatic heterocycles. The Balaban J connectivity index is 1.51. The van der Waals surface area contributed by atoms with E-state index >= 15 is 0 Å². The number of hydrogen-bond donors (Lipinski definition) is 1. The molecule has 1 atom stereocenters. The average Bonchev–Trinajstić information content (AvgIpc) is 3.25. The van der Waals surface area contributed by atoms with Gasteiger partial charge in [0.1, 0.15) is 12.1 Å². The van der Waals surface area contributed by atoms with Crippen molar-refractivity contribution in [1.82, 2.24) is 24.5 Å². The number of benzene rings is 1. The number of aromatic nitrogens is 4. The maximum atomic E-state index is 12.7. The fourth-order valence-corrected chi connectivity index (χ4v) is 4.87. The lowest BCUT2D eigenvalue weighted by Crippen LogP contribution is -2.37. The fourth-order valence-electron chi connectivity index (χ4n) is 3.11. The molecule has 26 heavy (non-hydrogen) atoms. The van der Waals surface area contributed by atoms with E-state index in [1.54, 1.807) is 29.6 Å². The Kier molecular flexibility index (Phi) is 4.29. The number of nitrogens with one attached hydrogen (secondary N) is 1. The smallest absolute Gasteiger partial charge is 0.241 e. The highest BCUT2D eigenvalue weighted by atomic mass is 35.5. The van der Waals surface area contributed by atoms with Crippen LogP contribution in [0.1, 0.15) is 12.0 Å². The summed E-state index contributed by atoms with van der Waals surface area (Å²) >= 11 is 6.06. The molecule has 2 aromatic heterocycles. The molecule has 136 valence electrons. The summed E-state index contributed by atoms with van der Waals surface area (Å²) in [6, 6.07) is 8.39. The van der Waals surface area contributed by atoms with E-state index in [2.05, 4.69) is 20.0 Å². The SMILES string of the molecule is Cc1c(Cl)cccc1S(=O)(=O)N[C@@H]1CCN(c2ccc3nncn3n2)C1. The van der Waals surface area contributed by atoms with Crippen LogP contribution < -0.4 is 9.62 Å². The van der Waals surface area contributed by atoms with Gasteiger partial charge in [-0.1, -0.05) is 17.7 Å². The monoisotopic (exact) mass is 392 g/mol. The predicted molar refractivity (Wildman–Crippen MR) is 97.9 cm³/mol. The number of rotatable bonds is 4. The molecule has 3 aromatic rings. The summed E-state index contributed by atoms with van der Waals surface area (Å²) in [4.78, 5) is 2.25. The van der Waals surface area contributed by atoms with Gasteiger partial charge in [-0.3, -0.25) is 0 Å². The van der Waals surface area contributed by atoms with E-state index in [1.807, 2.05) is 17.0 Å². The van der Waals surface area contributed by atoms with Crippen LogP contribution in [0.15, 0.2) is 41.6 Å². The number of sulfonamides is 1. The molecule has 1 N–H and O–H groups in total. The molecule has 0 amide bonds. The van der Waals surface area contributed by atoms with Crippen molar-refractivity contribution >= 4 is 33.1 Å². The van der Waals surface area contributed by atoms with Crippen LogP contribution in [0.4, 0.5) is 5.82 Å². The van der Waals surface area contributed by atoms with E-state index < -0.39 is 10.0 Å². The second-order valence-electron chi connectivity index (χ2n) is 6.24. The lowest BCUT2D eigenvalue weighted by atomic mass is 10.2. The van der Waals surface area contributed by atoms with Crippen molar-refractivity contribution in [3.8, 4) is 0 Å². The lowest BCUT2D eigenvalue weighted by Gasteiger charge is -2.18. The fraction of sp³-hybridized carbons (Fsp3) is 0.312. The van der Waals surface area contributed by atoms with Gasteiger partial charge in [0.2, 0.25) is 10.0 Å². The van der Waals surface area contributed by atoms with Crippen molar-refractivity contribution in [1.29, 1.82) is 0 Å². The summed E-state index contributed by atoms with van der Waals surface area (Å²) in [5, 5.41) is 12.6. The van der Waals surface area contributed by atoms with Gasteiger partial charge in [-0.2, -0.15) is 4.52 Å². The van der Waals surface area contributed by atoms with E-state index in [-0.39, 0.29) is 10.9 Å². The average molecular weight is 393 g/mol. The van der Waals surface area contributed by atoms with E-state index in [0.717, 1.165) is 5.82 Å². The normalized spacial score (nSPS) is 17.9. The second-order valence-corrected chi connectivity index (χ2v) is 8.33. The molecular weight excluding hydrogens is 376 g/mol. The number of halogens is 1. The Morgan fingerprint density at radius 1 is 1.27 bits per heavy atom. The predicted octanol–water partition coefficient (Wildman–Crippen LogP) is 1.64. The van der Waals surface area contributed by atoms with Gasteiger partial charge in [-0.05, 0) is 43.2 Å². The summed E-state index contributed by atoms with van der Waals surface area (Å²) in [5.41, 5.74) is 1.22. The Bertz CT molecular complexity index is 1070. The summed E-state index contributed by atoms with van der Waals surface area (Å²) in [6.07, 6.45) is 2.23. The molecule has 0 bridgehead atoms. The van der Waals surface area contributed by atoms with Crippen LogP contribution in [0.3, 0.4) is 0 Å². The summed E-state index contributed by atoms with van der Waals surface area (Å²) in [6.45, 7) is 2.96. The maximum Gasteiger partial charge on any atom is 0.241 e. The zero-order chi connectivity index (χ0) is 18.3. The van der Waals surface area contributed by atoms with Crippen molar-refractivity contribution in [2.24, 2.45) is 0 Å². The minimum Gasteiger partial charge on any atom is -0.354 e. The van der Waals surface area contributed by atoms with Gasteiger partial charge in [0, 0.05) is 24.2 Å². The number of anilines is 1. The van der Waals surface area contributed by atoms with Crippen LogP contribution >= 0.6 is 11.6 Å². The van der Waals surface area contributed by atoms with Crippen molar-refractivity contribution in [3.05, 3.63) is 47.2 Å². The van der Waals surface area contributed by atoms with Gasteiger partial charge in [-0.25, -0.2) is 13.1 Å². The molecule has 8 nitrogen and oxygen atoms in total. The molecule has 1 saturated heterocycles. The van der Waals surface area contributed by atoms with Crippen LogP contribution in [0.25, 0.3) is 5.65 Å². The van der Waals surface area contributed by atoms with Crippen molar-refractivity contribution in [2.75, 3.05) is 18.0 Å². The largest absolute Gasteiger partial charge is 0.354 e. The Labute approximate surface area is 155 Å². The third kappa shape index (κ3) is 3.13. The number of nitrogens with zero attached hydrogens (tertiary/aromatic N) is 5. The van der Waals surface area contributed by atoms with Crippen LogP contribution in [0, 0.1) is 6.92 Å². The summed E-state index contributed by atoms with van der Waals surface area (Å²) < 4.78 is 29.8. The van der Waals surface area contributed by atoms with Crippen LogP contribution in [0.2, 0.25) is 5.02 Å². The first-order chi connectivity index (χ1) is 12.4. The van der Waals surface area contributed by atoms with Gasteiger partial charge in [-0.15, -0.1) is 15.3 Å². The number of hydrogen-bond acceptors (Lipinski definition) is 6. The van der Waals surface area contributed by atoms with E-state index in [9.17, 15) is 8.42 Å². The second kappa shape index (κ2) is 6.49. The molecule has 3 heterocycles. The lowest BCUT2D eigenvalue weighted by molar-refractivity contribution is 0.560. The first-order valence-electron chi connectivity index (χ1n) is 8.13. The van der Waals surface area contributed by atoms with Crippen LogP contribution in [-0.2, 0) is 10.0 Å². The first-order valence-corrected chi connectivity index (χ1v) is 9.99.